The zero-order chi connectivity index (χ0) is 20.4. The summed E-state index contributed by atoms with van der Waals surface area (Å²) < 4.78 is 5.43. The number of aryl methyl sites for hydroxylation is 2. The highest BCUT2D eigenvalue weighted by Crippen LogP contribution is 2.27. The number of nitrogens with one attached hydrogen (secondary N) is 1. The molecule has 1 unspecified atom stereocenters. The predicted molar refractivity (Wildman–Crippen MR) is 109 cm³/mol. The number of amides is 1. The Hall–Kier alpha value is -3.08. The van der Waals surface area contributed by atoms with Crippen molar-refractivity contribution in [1.82, 2.24) is 5.32 Å². The molecule has 1 amide bonds. The molecule has 0 aliphatic rings. The second-order valence-electron chi connectivity index (χ2n) is 7.72. The molecule has 0 radical (unpaired) electrons. The van der Waals surface area contributed by atoms with Crippen LogP contribution in [0, 0.1) is 19.8 Å². The van der Waals surface area contributed by atoms with Crippen LogP contribution in [0.15, 0.2) is 46.9 Å². The molecular weight excluding hydrogens is 354 g/mol. The van der Waals surface area contributed by atoms with Crippen LogP contribution in [-0.2, 0) is 0 Å². The summed E-state index contributed by atoms with van der Waals surface area (Å²) in [6, 6.07) is 12.7. The van der Waals surface area contributed by atoms with Crippen molar-refractivity contribution in [3.05, 3.63) is 70.5 Å². The normalized spacial score (nSPS) is 12.3. The summed E-state index contributed by atoms with van der Waals surface area (Å²) in [6.07, 6.45) is 0.795. The minimum atomic E-state index is -1.16. The van der Waals surface area contributed by atoms with Crippen molar-refractivity contribution in [3.63, 3.8) is 0 Å². The number of carboxylic acid groups (broad SMARTS) is 1. The molecule has 0 saturated carbocycles. The summed E-state index contributed by atoms with van der Waals surface area (Å²) in [4.78, 5) is 24.3. The molecule has 0 aliphatic heterocycles. The second-order valence-corrected chi connectivity index (χ2v) is 7.72. The average Bonchev–Trinajstić information content (AvgIpc) is 3.04. The van der Waals surface area contributed by atoms with Gasteiger partial charge in [-0.15, -0.1) is 0 Å². The summed E-state index contributed by atoms with van der Waals surface area (Å²) in [6.45, 7) is 8.33. The van der Waals surface area contributed by atoms with Crippen LogP contribution in [0.5, 0.6) is 0 Å². The van der Waals surface area contributed by atoms with Gasteiger partial charge in [-0.1, -0.05) is 55.3 Å². The molecule has 3 aromatic rings. The van der Waals surface area contributed by atoms with E-state index >= 15 is 0 Å². The first-order valence-electron chi connectivity index (χ1n) is 9.39. The van der Waals surface area contributed by atoms with Gasteiger partial charge >= 0.3 is 5.97 Å². The molecule has 1 aromatic heterocycles. The van der Waals surface area contributed by atoms with E-state index in [0.717, 1.165) is 23.1 Å². The zero-order valence-corrected chi connectivity index (χ0v) is 16.6. The van der Waals surface area contributed by atoms with E-state index in [2.05, 4.69) is 37.4 Å². The number of hydrogen-bond acceptors (Lipinski definition) is 3. The maximum Gasteiger partial charge on any atom is 0.371 e. The maximum atomic E-state index is 13.1. The van der Waals surface area contributed by atoms with Gasteiger partial charge in [0, 0.05) is 5.39 Å². The number of aromatic carboxylic acids is 1. The topological polar surface area (TPSA) is 79.5 Å². The third-order valence-corrected chi connectivity index (χ3v) is 4.66. The van der Waals surface area contributed by atoms with E-state index in [1.54, 1.807) is 18.2 Å². The van der Waals surface area contributed by atoms with Crippen LogP contribution in [0.1, 0.15) is 63.9 Å². The standard InChI is InChI=1S/C23H25NO4/c1-13(2)8-19(17-10-14(3)9-15(4)11-17)24-22(25)18-7-5-6-16-12-20(23(26)27)28-21(16)18/h5-7,9-13,19H,8H2,1-4H3,(H,24,25)(H,26,27). The number of hydrogen-bond donors (Lipinski definition) is 2. The van der Waals surface area contributed by atoms with E-state index in [-0.39, 0.29) is 17.7 Å². The van der Waals surface area contributed by atoms with Crippen LogP contribution in [0.25, 0.3) is 11.0 Å². The van der Waals surface area contributed by atoms with E-state index < -0.39 is 5.97 Å². The van der Waals surface area contributed by atoms with Gasteiger partial charge in [-0.25, -0.2) is 4.79 Å². The fourth-order valence-corrected chi connectivity index (χ4v) is 3.54. The van der Waals surface area contributed by atoms with E-state index in [9.17, 15) is 9.59 Å². The molecule has 2 aromatic carbocycles. The molecule has 1 atom stereocenters. The van der Waals surface area contributed by atoms with E-state index in [0.29, 0.717) is 22.5 Å². The van der Waals surface area contributed by atoms with Crippen LogP contribution in [0.3, 0.4) is 0 Å². The number of rotatable bonds is 6. The highest BCUT2D eigenvalue weighted by molar-refractivity contribution is 6.06. The molecule has 3 rings (SSSR count). The molecule has 0 fully saturated rings. The highest BCUT2D eigenvalue weighted by atomic mass is 16.4. The Morgan fingerprint density at radius 3 is 2.36 bits per heavy atom. The van der Waals surface area contributed by atoms with Gasteiger partial charge in [0.05, 0.1) is 11.6 Å². The number of fused-ring (bicyclic) bond motifs is 1. The second kappa shape index (κ2) is 7.89. The van der Waals surface area contributed by atoms with Gasteiger partial charge in [0.1, 0.15) is 5.58 Å². The Kier molecular flexibility index (Phi) is 5.54. The van der Waals surface area contributed by atoms with E-state index in [1.165, 1.54) is 6.07 Å². The van der Waals surface area contributed by atoms with Crippen LogP contribution < -0.4 is 5.32 Å². The summed E-state index contributed by atoms with van der Waals surface area (Å²) in [7, 11) is 0. The number of carbonyl (C=O) groups is 2. The Morgan fingerprint density at radius 2 is 1.75 bits per heavy atom. The molecule has 0 aliphatic carbocycles. The van der Waals surface area contributed by atoms with Crippen molar-refractivity contribution in [2.75, 3.05) is 0 Å². The van der Waals surface area contributed by atoms with Gasteiger partial charge in [0.15, 0.2) is 0 Å². The molecule has 2 N–H and O–H groups in total. The van der Waals surface area contributed by atoms with Crippen LogP contribution in [0.4, 0.5) is 0 Å². The summed E-state index contributed by atoms with van der Waals surface area (Å²) in [5, 5.41) is 12.9. The number of carboxylic acids is 1. The fraction of sp³-hybridized carbons (Fsp3) is 0.304. The van der Waals surface area contributed by atoms with Crippen LogP contribution >= 0.6 is 0 Å². The predicted octanol–water partition coefficient (Wildman–Crippen LogP) is 5.27. The van der Waals surface area contributed by atoms with Gasteiger partial charge in [0.25, 0.3) is 5.91 Å². The van der Waals surface area contributed by atoms with Gasteiger partial charge in [0.2, 0.25) is 5.76 Å². The minimum Gasteiger partial charge on any atom is -0.475 e. The van der Waals surface area contributed by atoms with E-state index in [1.807, 2.05) is 13.8 Å². The number of para-hydroxylation sites is 1. The smallest absolute Gasteiger partial charge is 0.371 e. The number of carbonyl (C=O) groups excluding carboxylic acids is 1. The van der Waals surface area contributed by atoms with Crippen molar-refractivity contribution < 1.29 is 19.1 Å². The molecule has 1 heterocycles. The average molecular weight is 379 g/mol. The summed E-state index contributed by atoms with van der Waals surface area (Å²) in [5.41, 5.74) is 4.00. The van der Waals surface area contributed by atoms with Gasteiger partial charge < -0.3 is 14.8 Å². The molecule has 5 heteroatoms. The van der Waals surface area contributed by atoms with Crippen molar-refractivity contribution in [2.24, 2.45) is 5.92 Å². The molecule has 0 spiro atoms. The van der Waals surface area contributed by atoms with Crippen LogP contribution in [-0.4, -0.2) is 17.0 Å². The summed E-state index contributed by atoms with van der Waals surface area (Å²) >= 11 is 0. The van der Waals surface area contributed by atoms with Gasteiger partial charge in [-0.2, -0.15) is 0 Å². The number of furan rings is 1. The fourth-order valence-electron chi connectivity index (χ4n) is 3.54. The lowest BCUT2D eigenvalue weighted by molar-refractivity contribution is 0.0664. The lowest BCUT2D eigenvalue weighted by Crippen LogP contribution is -2.29. The largest absolute Gasteiger partial charge is 0.475 e. The lowest BCUT2D eigenvalue weighted by atomic mass is 9.94. The van der Waals surface area contributed by atoms with Gasteiger partial charge in [-0.3, -0.25) is 4.79 Å². The monoisotopic (exact) mass is 379 g/mol. The third kappa shape index (κ3) is 4.25. The minimum absolute atomic E-state index is 0.143. The first kappa shape index (κ1) is 19.7. The van der Waals surface area contributed by atoms with E-state index in [4.69, 9.17) is 9.52 Å². The molecule has 0 saturated heterocycles. The number of benzene rings is 2. The highest BCUT2D eigenvalue weighted by Gasteiger charge is 2.21. The molecule has 5 nitrogen and oxygen atoms in total. The summed E-state index contributed by atoms with van der Waals surface area (Å²) in [5.74, 6) is -1.22. The third-order valence-electron chi connectivity index (χ3n) is 4.66. The Morgan fingerprint density at radius 1 is 1.07 bits per heavy atom. The first-order chi connectivity index (χ1) is 13.2. The van der Waals surface area contributed by atoms with Crippen molar-refractivity contribution >= 4 is 22.8 Å². The van der Waals surface area contributed by atoms with Crippen molar-refractivity contribution in [3.8, 4) is 0 Å². The maximum absolute atomic E-state index is 13.1. The van der Waals surface area contributed by atoms with Gasteiger partial charge in [-0.05, 0) is 43.9 Å². The molecule has 0 bridgehead atoms. The van der Waals surface area contributed by atoms with Crippen molar-refractivity contribution in [2.45, 2.75) is 40.2 Å². The Labute approximate surface area is 164 Å². The quantitative estimate of drug-likeness (QED) is 0.612. The SMILES string of the molecule is Cc1cc(C)cc(C(CC(C)C)NC(=O)c2cccc3cc(C(=O)O)oc23)c1. The van der Waals surface area contributed by atoms with Crippen LogP contribution in [0.2, 0.25) is 0 Å². The Balaban J connectivity index is 1.96. The zero-order valence-electron chi connectivity index (χ0n) is 16.6. The molecule has 28 heavy (non-hydrogen) atoms. The Bertz CT molecular complexity index is 1010. The molecule has 146 valence electrons. The lowest BCUT2D eigenvalue weighted by Gasteiger charge is -2.22. The first-order valence-corrected chi connectivity index (χ1v) is 9.39. The van der Waals surface area contributed by atoms with Crippen molar-refractivity contribution in [1.29, 1.82) is 0 Å². The molecular formula is C23H25NO4.